The number of benzene rings is 1. The summed E-state index contributed by atoms with van der Waals surface area (Å²) in [5, 5.41) is 3.19. The average Bonchev–Trinajstić information content (AvgIpc) is 2.85. The molecule has 1 amide bonds. The van der Waals surface area contributed by atoms with Crippen LogP contribution in [0.15, 0.2) is 35.3 Å². The number of aromatic nitrogens is 3. The van der Waals surface area contributed by atoms with Gasteiger partial charge in [-0.3, -0.25) is 9.59 Å². The molecule has 0 saturated carbocycles. The van der Waals surface area contributed by atoms with E-state index in [1.807, 2.05) is 30.9 Å². The van der Waals surface area contributed by atoms with Crippen molar-refractivity contribution in [2.24, 2.45) is 18.9 Å². The number of rotatable bonds is 6. The molecule has 0 spiro atoms. The summed E-state index contributed by atoms with van der Waals surface area (Å²) < 4.78 is 36.5. The second kappa shape index (κ2) is 10.2. The molecule has 1 aromatic carbocycles. The summed E-state index contributed by atoms with van der Waals surface area (Å²) in [5.74, 6) is -1.06. The Morgan fingerprint density at radius 2 is 2.03 bits per heavy atom. The molecule has 3 aromatic rings. The fourth-order valence-corrected chi connectivity index (χ4v) is 4.55. The second-order valence-corrected chi connectivity index (χ2v) is 9.40. The van der Waals surface area contributed by atoms with Gasteiger partial charge in [-0.2, -0.15) is 0 Å². The molecule has 3 atom stereocenters. The molecular weight excluding hydrogens is 473 g/mol. The molecule has 8 nitrogen and oxygen atoms in total. The quantitative estimate of drug-likeness (QED) is 0.556. The van der Waals surface area contributed by atoms with Crippen LogP contribution in [-0.2, 0) is 18.3 Å². The van der Waals surface area contributed by atoms with Gasteiger partial charge in [-0.1, -0.05) is 31.5 Å². The Morgan fingerprint density at radius 3 is 2.71 bits per heavy atom. The lowest BCUT2D eigenvalue weighted by Crippen LogP contribution is -2.46. The first kappa shape index (κ1) is 22.3. The number of nitrogens with one attached hydrogen (secondary N) is 1. The number of piperidine rings is 1. The number of carbonyl (C=O) groups excluding carboxylic acids is 1. The van der Waals surface area contributed by atoms with E-state index in [2.05, 4.69) is 15.3 Å². The lowest BCUT2D eigenvalue weighted by Gasteiger charge is -2.37. The molecule has 1 unspecified atom stereocenters. The number of carbonyl (C=O) groups is 1. The topological polar surface area (TPSA) is 89.3 Å². The maximum absolute atomic E-state index is 14.3. The lowest BCUT2D eigenvalue weighted by atomic mass is 9.90. The highest BCUT2D eigenvalue weighted by Gasteiger charge is 2.33. The summed E-state index contributed by atoms with van der Waals surface area (Å²) in [6.07, 6.45) is 1.05. The van der Waals surface area contributed by atoms with E-state index < -0.39 is 24.2 Å². The normalized spacial score (nSPS) is 21.4. The van der Waals surface area contributed by atoms with Crippen molar-refractivity contribution < 1.29 is 16.7 Å². The van der Waals surface area contributed by atoms with E-state index in [-0.39, 0.29) is 17.6 Å². The predicted octanol–water partition coefficient (Wildman–Crippen LogP) is 3.13. The van der Waals surface area contributed by atoms with Crippen LogP contribution in [0.2, 0.25) is 5.02 Å². The number of ether oxygens (including phenoxy) is 1. The maximum Gasteiger partial charge on any atom is 0.293 e. The van der Waals surface area contributed by atoms with Gasteiger partial charge >= 0.3 is 0 Å². The zero-order valence-electron chi connectivity index (χ0n) is 22.0. The Morgan fingerprint density at radius 1 is 1.31 bits per heavy atom. The third-order valence-electron chi connectivity index (χ3n) is 6.30. The van der Waals surface area contributed by atoms with Crippen molar-refractivity contribution in [1.29, 1.82) is 0 Å². The van der Waals surface area contributed by atoms with Crippen LogP contribution in [-0.4, -0.2) is 53.3 Å². The third-order valence-corrected chi connectivity index (χ3v) is 6.61. The third kappa shape index (κ3) is 5.24. The lowest BCUT2D eigenvalue weighted by molar-refractivity contribution is -0.122. The first-order chi connectivity index (χ1) is 17.4. The van der Waals surface area contributed by atoms with Gasteiger partial charge in [0.15, 0.2) is 12.3 Å². The van der Waals surface area contributed by atoms with Crippen LogP contribution in [0.25, 0.3) is 10.9 Å². The number of halogens is 2. The molecule has 1 aliphatic rings. The first-order valence-corrected chi connectivity index (χ1v) is 11.7. The van der Waals surface area contributed by atoms with Gasteiger partial charge in [0, 0.05) is 50.8 Å². The molecule has 1 saturated heterocycles. The highest BCUT2D eigenvalue weighted by Crippen LogP contribution is 2.29. The molecule has 3 heterocycles. The number of pyridine rings is 1. The van der Waals surface area contributed by atoms with Gasteiger partial charge in [0.2, 0.25) is 5.95 Å². The van der Waals surface area contributed by atoms with Crippen LogP contribution in [0.1, 0.15) is 27.8 Å². The molecule has 4 rings (SSSR count). The standard InChI is InChI=1S/C25H29ClFN5O3/c1-14-11-32(12-15(2)23(14)27)25-29-10-18(26)19(30-25)8-16-5-6-20-17(7-16)9-21(24(34)31(20)4)35-13-22(33)28-3/h5-7,9-10,14-15,23H,8,11-13H2,1-4H3,(H,28,33)/t14-,15+,23?/i13D2. The Bertz CT molecular complexity index is 1390. The van der Waals surface area contributed by atoms with Crippen molar-refractivity contribution in [3.63, 3.8) is 0 Å². The Labute approximate surface area is 210 Å². The Kier molecular flexibility index (Phi) is 6.49. The van der Waals surface area contributed by atoms with Crippen LogP contribution >= 0.6 is 11.6 Å². The number of fused-ring (bicyclic) bond motifs is 1. The predicted molar refractivity (Wildman–Crippen MR) is 134 cm³/mol. The molecular formula is C25H29ClFN5O3. The average molecular weight is 504 g/mol. The van der Waals surface area contributed by atoms with E-state index in [0.29, 0.717) is 47.1 Å². The van der Waals surface area contributed by atoms with E-state index in [1.165, 1.54) is 17.7 Å². The summed E-state index contributed by atoms with van der Waals surface area (Å²) in [7, 11) is 2.82. The highest BCUT2D eigenvalue weighted by molar-refractivity contribution is 6.31. The van der Waals surface area contributed by atoms with E-state index in [1.54, 1.807) is 19.3 Å². The summed E-state index contributed by atoms with van der Waals surface area (Å²) in [4.78, 5) is 35.6. The van der Waals surface area contributed by atoms with Crippen molar-refractivity contribution in [2.75, 3.05) is 31.6 Å². The van der Waals surface area contributed by atoms with Gasteiger partial charge in [-0.15, -0.1) is 0 Å². The molecule has 1 N–H and O–H groups in total. The minimum absolute atomic E-state index is 0.135. The Hall–Kier alpha value is -3.20. The van der Waals surface area contributed by atoms with Crippen molar-refractivity contribution in [3.8, 4) is 5.75 Å². The zero-order chi connectivity index (χ0) is 27.1. The second-order valence-electron chi connectivity index (χ2n) is 8.99. The molecule has 2 aromatic heterocycles. The molecule has 0 bridgehead atoms. The molecule has 0 radical (unpaired) electrons. The van der Waals surface area contributed by atoms with Gasteiger partial charge in [0.05, 0.1) is 25.2 Å². The van der Waals surface area contributed by atoms with E-state index in [0.717, 1.165) is 5.56 Å². The highest BCUT2D eigenvalue weighted by atomic mass is 35.5. The molecule has 0 aliphatic carbocycles. The number of alkyl halides is 1. The number of anilines is 1. The van der Waals surface area contributed by atoms with Gasteiger partial charge in [0.25, 0.3) is 11.5 Å². The van der Waals surface area contributed by atoms with E-state index >= 15 is 0 Å². The number of aryl methyl sites for hydroxylation is 1. The number of hydrogen-bond donors (Lipinski definition) is 1. The van der Waals surface area contributed by atoms with Crippen molar-refractivity contribution >= 4 is 34.4 Å². The van der Waals surface area contributed by atoms with Crippen molar-refractivity contribution in [1.82, 2.24) is 19.9 Å². The fraction of sp³-hybridized carbons (Fsp3) is 0.440. The minimum Gasteiger partial charge on any atom is -0.478 e. The molecule has 35 heavy (non-hydrogen) atoms. The molecule has 10 heteroatoms. The number of amides is 1. The van der Waals surface area contributed by atoms with Crippen LogP contribution in [0, 0.1) is 11.8 Å². The van der Waals surface area contributed by atoms with Gasteiger partial charge in [-0.05, 0) is 23.8 Å². The maximum atomic E-state index is 14.3. The van der Waals surface area contributed by atoms with E-state index in [9.17, 15) is 14.0 Å². The fourth-order valence-electron chi connectivity index (χ4n) is 4.40. The molecule has 1 aliphatic heterocycles. The van der Waals surface area contributed by atoms with Crippen molar-refractivity contribution in [2.45, 2.75) is 26.4 Å². The van der Waals surface area contributed by atoms with Crippen LogP contribution in [0.4, 0.5) is 10.3 Å². The zero-order valence-corrected chi connectivity index (χ0v) is 20.8. The summed E-state index contributed by atoms with van der Waals surface area (Å²) in [6.45, 7) is 2.07. The summed E-state index contributed by atoms with van der Waals surface area (Å²) in [6, 6.07) is 6.87. The monoisotopic (exact) mass is 503 g/mol. The van der Waals surface area contributed by atoms with Crippen LogP contribution in [0.3, 0.4) is 0 Å². The number of likely N-dealkylation sites (N-methyl/N-ethyl adjacent to an activating group) is 1. The largest absolute Gasteiger partial charge is 0.478 e. The molecule has 186 valence electrons. The summed E-state index contributed by atoms with van der Waals surface area (Å²) in [5.41, 5.74) is 1.47. The SMILES string of the molecule is [2H]C([2H])(Oc1cc2cc(Cc3nc(N4C[C@@H](C)C(F)[C@@H](C)C4)ncc3Cl)ccc2n(C)c1=O)C(=O)NC. The van der Waals surface area contributed by atoms with Crippen LogP contribution in [0.5, 0.6) is 5.75 Å². The van der Waals surface area contributed by atoms with E-state index in [4.69, 9.17) is 19.1 Å². The number of nitrogens with zero attached hydrogens (tertiary/aromatic N) is 4. The minimum atomic E-state index is -2.72. The van der Waals surface area contributed by atoms with Gasteiger partial charge in [-0.25, -0.2) is 14.4 Å². The Balaban J connectivity index is 1.65. The van der Waals surface area contributed by atoms with Gasteiger partial charge < -0.3 is 19.5 Å². The van der Waals surface area contributed by atoms with Crippen molar-refractivity contribution in [3.05, 3.63) is 57.1 Å². The summed E-state index contributed by atoms with van der Waals surface area (Å²) >= 11 is 6.42. The molecule has 1 fully saturated rings. The first-order valence-electron chi connectivity index (χ1n) is 12.4. The number of hydrogen-bond acceptors (Lipinski definition) is 6. The van der Waals surface area contributed by atoms with Crippen LogP contribution < -0.4 is 20.5 Å². The smallest absolute Gasteiger partial charge is 0.293 e. The van der Waals surface area contributed by atoms with Gasteiger partial charge in [0.1, 0.15) is 6.17 Å².